The number of hydrogen-bond donors (Lipinski definition) is 1. The Balaban J connectivity index is 1.34. The zero-order valence-electron chi connectivity index (χ0n) is 19.3. The molecule has 172 valence electrons. The molecule has 3 aliphatic rings. The Labute approximate surface area is 195 Å². The topological polar surface area (TPSA) is 70.3 Å². The minimum absolute atomic E-state index is 0.129. The number of allylic oxidation sites excluding steroid dienone is 4. The van der Waals surface area contributed by atoms with Crippen LogP contribution in [-0.4, -0.2) is 59.3 Å². The third-order valence-electron chi connectivity index (χ3n) is 7.11. The Hall–Kier alpha value is -2.83. The van der Waals surface area contributed by atoms with Crippen molar-refractivity contribution < 1.29 is 9.84 Å². The number of β-amino-alcohol motifs (C(OH)–C–C–N with tert-alkyl or cyclic N) is 1. The van der Waals surface area contributed by atoms with Gasteiger partial charge in [0.25, 0.3) is 0 Å². The molecule has 1 saturated heterocycles. The third-order valence-corrected chi connectivity index (χ3v) is 7.11. The molecule has 0 saturated carbocycles. The summed E-state index contributed by atoms with van der Waals surface area (Å²) in [4.78, 5) is 7.31. The van der Waals surface area contributed by atoms with Crippen LogP contribution in [0.15, 0.2) is 64.8 Å². The number of hydrogen-bond acceptors (Lipinski definition) is 6. The molecule has 0 radical (unpaired) electrons. The standard InChI is InChI=1S/C27H32N4O2/c1-27(13-15-31(16-14-27)17-18-32)19-33-25-8-4-6-21-10-11-23(28-26(21)25)24-12-9-20-5-2-3-7-22(20)29-30-24/h2-8,10-11,20,32H,9,12-19H2,1H3. The molecule has 5 rings (SSSR count). The Morgan fingerprint density at radius 1 is 1.12 bits per heavy atom. The van der Waals surface area contributed by atoms with Gasteiger partial charge in [-0.15, -0.1) is 0 Å². The molecular weight excluding hydrogens is 412 g/mol. The van der Waals surface area contributed by atoms with E-state index in [0.717, 1.165) is 79.1 Å². The summed E-state index contributed by atoms with van der Waals surface area (Å²) in [6, 6.07) is 10.3. The Morgan fingerprint density at radius 3 is 2.85 bits per heavy atom. The van der Waals surface area contributed by atoms with E-state index < -0.39 is 0 Å². The number of para-hydroxylation sites is 1. The lowest BCUT2D eigenvalue weighted by Gasteiger charge is -2.38. The zero-order valence-corrected chi connectivity index (χ0v) is 19.3. The summed E-state index contributed by atoms with van der Waals surface area (Å²) in [6.45, 7) is 5.96. The number of nitrogens with zero attached hydrogens (tertiary/aromatic N) is 4. The first-order valence-electron chi connectivity index (χ1n) is 12.0. The van der Waals surface area contributed by atoms with Gasteiger partial charge in [-0.2, -0.15) is 10.2 Å². The second-order valence-electron chi connectivity index (χ2n) is 9.65. The predicted molar refractivity (Wildman–Crippen MR) is 133 cm³/mol. The van der Waals surface area contributed by atoms with Gasteiger partial charge in [-0.3, -0.25) is 0 Å². The van der Waals surface area contributed by atoms with Gasteiger partial charge in [0.05, 0.1) is 30.3 Å². The summed E-state index contributed by atoms with van der Waals surface area (Å²) in [6.07, 6.45) is 12.3. The van der Waals surface area contributed by atoms with Gasteiger partial charge in [0.1, 0.15) is 11.3 Å². The van der Waals surface area contributed by atoms with Crippen LogP contribution < -0.4 is 4.74 Å². The smallest absolute Gasteiger partial charge is 0.145 e. The number of likely N-dealkylation sites (tertiary alicyclic amines) is 1. The molecule has 33 heavy (non-hydrogen) atoms. The van der Waals surface area contributed by atoms with Crippen LogP contribution in [-0.2, 0) is 0 Å². The van der Waals surface area contributed by atoms with Crippen LogP contribution in [0, 0.1) is 11.3 Å². The lowest BCUT2D eigenvalue weighted by molar-refractivity contribution is 0.0612. The average Bonchev–Trinajstić information content (AvgIpc) is 3.07. The van der Waals surface area contributed by atoms with Crippen LogP contribution in [0.2, 0.25) is 0 Å². The van der Waals surface area contributed by atoms with Crippen molar-refractivity contribution in [1.29, 1.82) is 0 Å². The first-order valence-corrected chi connectivity index (χ1v) is 12.0. The normalized spacial score (nSPS) is 22.4. The van der Waals surface area contributed by atoms with Gasteiger partial charge < -0.3 is 14.7 Å². The largest absolute Gasteiger partial charge is 0.491 e. The summed E-state index contributed by atoms with van der Waals surface area (Å²) in [5.74, 6) is 1.16. The second-order valence-corrected chi connectivity index (χ2v) is 9.65. The highest BCUT2D eigenvalue weighted by atomic mass is 16.5. The molecule has 0 amide bonds. The number of aromatic nitrogens is 1. The van der Waals surface area contributed by atoms with Gasteiger partial charge in [-0.1, -0.05) is 43.4 Å². The summed E-state index contributed by atoms with van der Waals surface area (Å²) < 4.78 is 6.39. The maximum atomic E-state index is 9.19. The van der Waals surface area contributed by atoms with E-state index in [1.165, 1.54) is 0 Å². The van der Waals surface area contributed by atoms with E-state index in [4.69, 9.17) is 9.72 Å². The number of aliphatic hydroxyl groups excluding tert-OH is 1. The number of pyridine rings is 1. The van der Waals surface area contributed by atoms with Gasteiger partial charge in [0.15, 0.2) is 0 Å². The van der Waals surface area contributed by atoms with Crippen LogP contribution in [0.3, 0.4) is 0 Å². The Morgan fingerprint density at radius 2 is 2.00 bits per heavy atom. The number of piperidine rings is 1. The van der Waals surface area contributed by atoms with Gasteiger partial charge in [-0.25, -0.2) is 4.98 Å². The first-order chi connectivity index (χ1) is 16.1. The number of rotatable bonds is 6. The fourth-order valence-corrected chi connectivity index (χ4v) is 4.82. The zero-order chi connectivity index (χ0) is 22.7. The SMILES string of the molecule is CC1(COc2cccc3ccc(C4=NN=C5C=CC=CC5CC4)nc23)CCN(CCO)CC1. The van der Waals surface area contributed by atoms with Crippen LogP contribution in [0.1, 0.15) is 38.3 Å². The maximum Gasteiger partial charge on any atom is 0.145 e. The van der Waals surface area contributed by atoms with Crippen molar-refractivity contribution in [1.82, 2.24) is 9.88 Å². The molecule has 0 bridgehead atoms. The van der Waals surface area contributed by atoms with Crippen LogP contribution in [0.4, 0.5) is 0 Å². The number of ether oxygens (including phenoxy) is 1. The lowest BCUT2D eigenvalue weighted by atomic mass is 9.81. The van der Waals surface area contributed by atoms with E-state index in [9.17, 15) is 5.11 Å². The van der Waals surface area contributed by atoms with Gasteiger partial charge in [0, 0.05) is 23.3 Å². The quantitative estimate of drug-likeness (QED) is 0.717. The van der Waals surface area contributed by atoms with E-state index >= 15 is 0 Å². The summed E-state index contributed by atoms with van der Waals surface area (Å²) >= 11 is 0. The van der Waals surface area contributed by atoms with Crippen LogP contribution in [0.5, 0.6) is 5.75 Å². The minimum atomic E-state index is 0.129. The van der Waals surface area contributed by atoms with Crippen molar-refractivity contribution in [3.05, 3.63) is 60.3 Å². The highest BCUT2D eigenvalue weighted by Gasteiger charge is 2.31. The molecule has 6 nitrogen and oxygen atoms in total. The molecular formula is C27H32N4O2. The molecule has 1 unspecified atom stereocenters. The predicted octanol–water partition coefficient (Wildman–Crippen LogP) is 4.39. The van der Waals surface area contributed by atoms with E-state index in [1.807, 2.05) is 30.4 Å². The van der Waals surface area contributed by atoms with Crippen LogP contribution >= 0.6 is 0 Å². The lowest BCUT2D eigenvalue weighted by Crippen LogP contribution is -2.42. The molecule has 1 atom stereocenters. The molecule has 1 aliphatic carbocycles. The Kier molecular flexibility index (Phi) is 6.38. The van der Waals surface area contributed by atoms with Crippen molar-refractivity contribution in [2.24, 2.45) is 21.5 Å². The van der Waals surface area contributed by atoms with Gasteiger partial charge >= 0.3 is 0 Å². The molecule has 1 fully saturated rings. The van der Waals surface area contributed by atoms with Crippen molar-refractivity contribution in [2.75, 3.05) is 32.8 Å². The summed E-state index contributed by atoms with van der Waals surface area (Å²) in [5.41, 5.74) is 3.84. The summed E-state index contributed by atoms with van der Waals surface area (Å²) in [5, 5.41) is 19.3. The molecule has 1 N–H and O–H groups in total. The molecule has 0 spiro atoms. The number of fused-ring (bicyclic) bond motifs is 2. The maximum absolute atomic E-state index is 9.19. The monoisotopic (exact) mass is 444 g/mol. The molecule has 2 aliphatic heterocycles. The second kappa shape index (κ2) is 9.57. The van der Waals surface area contributed by atoms with Crippen molar-refractivity contribution in [3.8, 4) is 5.75 Å². The van der Waals surface area contributed by atoms with Crippen molar-refractivity contribution >= 4 is 22.3 Å². The van der Waals surface area contributed by atoms with Crippen molar-refractivity contribution in [3.63, 3.8) is 0 Å². The van der Waals surface area contributed by atoms with E-state index in [-0.39, 0.29) is 12.0 Å². The van der Waals surface area contributed by atoms with Gasteiger partial charge in [-0.05, 0) is 57.0 Å². The average molecular weight is 445 g/mol. The highest BCUT2D eigenvalue weighted by Crippen LogP contribution is 2.33. The van der Waals surface area contributed by atoms with Crippen LogP contribution in [0.25, 0.3) is 10.9 Å². The molecule has 1 aromatic carbocycles. The summed E-state index contributed by atoms with van der Waals surface area (Å²) in [7, 11) is 0. The molecule has 1 aromatic heterocycles. The molecule has 3 heterocycles. The third kappa shape index (κ3) is 4.92. The highest BCUT2D eigenvalue weighted by molar-refractivity contribution is 6.05. The molecule has 2 aromatic rings. The number of aliphatic hydroxyl groups is 1. The Bertz CT molecular complexity index is 1130. The molecule has 6 heteroatoms. The van der Waals surface area contributed by atoms with E-state index in [1.54, 1.807) is 0 Å². The van der Waals surface area contributed by atoms with Gasteiger partial charge in [0.2, 0.25) is 0 Å². The first kappa shape index (κ1) is 22.0. The van der Waals surface area contributed by atoms with E-state index in [0.29, 0.717) is 12.5 Å². The number of benzene rings is 1. The fraction of sp³-hybridized carbons (Fsp3) is 0.444. The minimum Gasteiger partial charge on any atom is -0.491 e. The van der Waals surface area contributed by atoms with E-state index in [2.05, 4.69) is 46.3 Å². The van der Waals surface area contributed by atoms with Crippen molar-refractivity contribution in [2.45, 2.75) is 32.6 Å². The fourth-order valence-electron chi connectivity index (χ4n) is 4.82.